The largest absolute Gasteiger partial charge is 0.378 e. The first-order valence-corrected chi connectivity index (χ1v) is 9.79. The van der Waals surface area contributed by atoms with Gasteiger partial charge in [0.25, 0.3) is 0 Å². The van der Waals surface area contributed by atoms with E-state index in [4.69, 9.17) is 0 Å². The van der Waals surface area contributed by atoms with Gasteiger partial charge in [-0.05, 0) is 48.6 Å². The normalized spacial score (nSPS) is 15.5. The summed E-state index contributed by atoms with van der Waals surface area (Å²) in [6.07, 6.45) is 4.44. The van der Waals surface area contributed by atoms with Crippen molar-refractivity contribution in [1.29, 1.82) is 0 Å². The highest BCUT2D eigenvalue weighted by atomic mass is 32.1. The maximum atomic E-state index is 12.3. The molecule has 2 aromatic rings. The standard InChI is InChI=1S/C20H25N3O2S/c1-23(2)16-9-7-15(8-10-16)22-19(25)18(24)21-14-20(11-3-4-12-20)17-6-5-13-26-17/h5-10,13H,3-4,11-12,14H2,1-2H3,(H,21,24)(H,22,25). The number of anilines is 2. The molecule has 1 aliphatic carbocycles. The van der Waals surface area contributed by atoms with Gasteiger partial charge in [0.1, 0.15) is 0 Å². The molecule has 5 nitrogen and oxygen atoms in total. The van der Waals surface area contributed by atoms with Crippen LogP contribution in [-0.4, -0.2) is 32.5 Å². The van der Waals surface area contributed by atoms with E-state index in [-0.39, 0.29) is 5.41 Å². The Morgan fingerprint density at radius 2 is 1.77 bits per heavy atom. The van der Waals surface area contributed by atoms with E-state index in [0.29, 0.717) is 12.2 Å². The maximum absolute atomic E-state index is 12.3. The summed E-state index contributed by atoms with van der Waals surface area (Å²) < 4.78 is 0. The summed E-state index contributed by atoms with van der Waals surface area (Å²) in [5, 5.41) is 7.59. The molecule has 138 valence electrons. The Morgan fingerprint density at radius 3 is 2.35 bits per heavy atom. The van der Waals surface area contributed by atoms with Crippen LogP contribution in [0.25, 0.3) is 0 Å². The van der Waals surface area contributed by atoms with Gasteiger partial charge in [-0.15, -0.1) is 11.3 Å². The Morgan fingerprint density at radius 1 is 1.08 bits per heavy atom. The highest BCUT2D eigenvalue weighted by molar-refractivity contribution is 7.10. The summed E-state index contributed by atoms with van der Waals surface area (Å²) in [7, 11) is 3.90. The first-order chi connectivity index (χ1) is 12.5. The molecular formula is C20H25N3O2S. The van der Waals surface area contributed by atoms with Gasteiger partial charge in [0, 0.05) is 42.3 Å². The van der Waals surface area contributed by atoms with Crippen molar-refractivity contribution in [3.05, 3.63) is 46.7 Å². The predicted molar refractivity (Wildman–Crippen MR) is 107 cm³/mol. The lowest BCUT2D eigenvalue weighted by Gasteiger charge is -2.28. The van der Waals surface area contributed by atoms with Crippen molar-refractivity contribution >= 4 is 34.5 Å². The van der Waals surface area contributed by atoms with Crippen molar-refractivity contribution in [2.75, 3.05) is 30.9 Å². The number of carbonyl (C=O) groups excluding carboxylic acids is 2. The predicted octanol–water partition coefficient (Wildman–Crippen LogP) is 3.38. The van der Waals surface area contributed by atoms with Crippen molar-refractivity contribution in [2.24, 2.45) is 0 Å². The molecule has 2 amide bonds. The summed E-state index contributed by atoms with van der Waals surface area (Å²) in [5.74, 6) is -1.20. The number of nitrogens with one attached hydrogen (secondary N) is 2. The van der Waals surface area contributed by atoms with Crippen LogP contribution in [0, 0.1) is 0 Å². The third-order valence-electron chi connectivity index (χ3n) is 5.04. The second-order valence-corrected chi connectivity index (χ2v) is 7.99. The monoisotopic (exact) mass is 371 g/mol. The summed E-state index contributed by atoms with van der Waals surface area (Å²) >= 11 is 1.73. The van der Waals surface area contributed by atoms with Crippen molar-refractivity contribution in [3.8, 4) is 0 Å². The van der Waals surface area contributed by atoms with E-state index in [1.54, 1.807) is 23.5 Å². The minimum Gasteiger partial charge on any atom is -0.378 e. The molecule has 1 aliphatic rings. The Balaban J connectivity index is 1.58. The van der Waals surface area contributed by atoms with E-state index in [9.17, 15) is 9.59 Å². The molecule has 3 rings (SSSR count). The average molecular weight is 372 g/mol. The Labute approximate surface area is 158 Å². The van der Waals surface area contributed by atoms with Gasteiger partial charge in [-0.1, -0.05) is 18.9 Å². The number of hydrogen-bond acceptors (Lipinski definition) is 4. The Hall–Kier alpha value is -2.34. The van der Waals surface area contributed by atoms with Gasteiger partial charge < -0.3 is 15.5 Å². The summed E-state index contributed by atoms with van der Waals surface area (Å²) in [5.41, 5.74) is 1.63. The number of nitrogens with zero attached hydrogens (tertiary/aromatic N) is 1. The van der Waals surface area contributed by atoms with E-state index in [2.05, 4.69) is 22.1 Å². The zero-order valence-corrected chi connectivity index (χ0v) is 16.1. The molecule has 0 spiro atoms. The maximum Gasteiger partial charge on any atom is 0.313 e. The molecule has 1 saturated carbocycles. The van der Waals surface area contributed by atoms with Crippen LogP contribution in [0.1, 0.15) is 30.6 Å². The molecule has 0 aliphatic heterocycles. The summed E-state index contributed by atoms with van der Waals surface area (Å²) in [6, 6.07) is 11.6. The Bertz CT molecular complexity index is 748. The average Bonchev–Trinajstić information content (AvgIpc) is 3.32. The quantitative estimate of drug-likeness (QED) is 0.792. The molecule has 0 unspecified atom stereocenters. The van der Waals surface area contributed by atoms with Gasteiger partial charge in [0.05, 0.1) is 0 Å². The fraction of sp³-hybridized carbons (Fsp3) is 0.400. The molecule has 6 heteroatoms. The second-order valence-electron chi connectivity index (χ2n) is 7.04. The van der Waals surface area contributed by atoms with Crippen LogP contribution in [0.4, 0.5) is 11.4 Å². The molecule has 0 radical (unpaired) electrons. The number of hydrogen-bond donors (Lipinski definition) is 2. The molecule has 26 heavy (non-hydrogen) atoms. The van der Waals surface area contributed by atoms with E-state index >= 15 is 0 Å². The molecule has 0 bridgehead atoms. The third kappa shape index (κ3) is 4.07. The fourth-order valence-corrected chi connectivity index (χ4v) is 4.49. The van der Waals surface area contributed by atoms with Gasteiger partial charge in [-0.2, -0.15) is 0 Å². The molecule has 2 N–H and O–H groups in total. The van der Waals surface area contributed by atoms with Crippen LogP contribution in [0.2, 0.25) is 0 Å². The molecule has 1 heterocycles. The minimum absolute atomic E-state index is 0.0164. The number of amides is 2. The van der Waals surface area contributed by atoms with Crippen molar-refractivity contribution in [1.82, 2.24) is 5.32 Å². The topological polar surface area (TPSA) is 61.4 Å². The number of carbonyl (C=O) groups is 2. The SMILES string of the molecule is CN(C)c1ccc(NC(=O)C(=O)NCC2(c3cccs3)CCCC2)cc1. The van der Waals surface area contributed by atoms with Crippen molar-refractivity contribution in [2.45, 2.75) is 31.1 Å². The van der Waals surface area contributed by atoms with E-state index < -0.39 is 11.8 Å². The van der Waals surface area contributed by atoms with Gasteiger partial charge >= 0.3 is 11.8 Å². The van der Waals surface area contributed by atoms with Gasteiger partial charge in [0.15, 0.2) is 0 Å². The smallest absolute Gasteiger partial charge is 0.313 e. The minimum atomic E-state index is -0.623. The van der Waals surface area contributed by atoms with Crippen molar-refractivity contribution < 1.29 is 9.59 Å². The van der Waals surface area contributed by atoms with Crippen LogP contribution in [0.5, 0.6) is 0 Å². The van der Waals surface area contributed by atoms with Crippen molar-refractivity contribution in [3.63, 3.8) is 0 Å². The fourth-order valence-electron chi connectivity index (χ4n) is 3.50. The number of benzene rings is 1. The number of thiophene rings is 1. The first kappa shape index (κ1) is 18.5. The molecule has 1 aromatic carbocycles. The molecule has 1 fully saturated rings. The zero-order valence-electron chi connectivity index (χ0n) is 15.2. The third-order valence-corrected chi connectivity index (χ3v) is 6.16. The van der Waals surface area contributed by atoms with Crippen LogP contribution >= 0.6 is 11.3 Å². The van der Waals surface area contributed by atoms with E-state index in [1.807, 2.05) is 37.2 Å². The second kappa shape index (κ2) is 7.91. The van der Waals surface area contributed by atoms with Gasteiger partial charge in [0.2, 0.25) is 0 Å². The Kier molecular flexibility index (Phi) is 5.61. The lowest BCUT2D eigenvalue weighted by molar-refractivity contribution is -0.136. The molecule has 0 saturated heterocycles. The van der Waals surface area contributed by atoms with Crippen LogP contribution < -0.4 is 15.5 Å². The lowest BCUT2D eigenvalue weighted by Crippen LogP contribution is -2.43. The first-order valence-electron chi connectivity index (χ1n) is 8.91. The van der Waals surface area contributed by atoms with E-state index in [1.165, 1.54) is 4.88 Å². The zero-order chi connectivity index (χ0) is 18.6. The van der Waals surface area contributed by atoms with Gasteiger partial charge in [-0.3, -0.25) is 9.59 Å². The highest BCUT2D eigenvalue weighted by Gasteiger charge is 2.37. The van der Waals surface area contributed by atoms with Gasteiger partial charge in [-0.25, -0.2) is 0 Å². The number of rotatable bonds is 5. The van der Waals surface area contributed by atoms with E-state index in [0.717, 1.165) is 31.4 Å². The van der Waals surface area contributed by atoms with Crippen LogP contribution in [0.3, 0.4) is 0 Å². The summed E-state index contributed by atoms with van der Waals surface area (Å²) in [4.78, 5) is 27.7. The molecule has 0 atom stereocenters. The molecular weight excluding hydrogens is 346 g/mol. The summed E-state index contributed by atoms with van der Waals surface area (Å²) in [6.45, 7) is 0.513. The van der Waals surface area contributed by atoms with Crippen LogP contribution in [-0.2, 0) is 15.0 Å². The highest BCUT2D eigenvalue weighted by Crippen LogP contribution is 2.42. The molecule has 1 aromatic heterocycles. The van der Waals surface area contributed by atoms with Crippen LogP contribution in [0.15, 0.2) is 41.8 Å². The lowest BCUT2D eigenvalue weighted by atomic mass is 9.84.